The molecule has 0 radical (unpaired) electrons. The number of nitrogens with zero attached hydrogens (tertiary/aromatic N) is 9. The number of imidazole rings is 2. The Kier molecular flexibility index (Phi) is 8.27. The first-order valence-corrected chi connectivity index (χ1v) is 15.4. The highest BCUT2D eigenvalue weighted by atomic mass is 16.2. The predicted molar refractivity (Wildman–Crippen MR) is 176 cm³/mol. The smallest absolute Gasteiger partial charge is 0.300 e. The molecule has 6 aromatic rings. The van der Waals surface area contributed by atoms with Gasteiger partial charge in [0, 0.05) is 39.4 Å². The molecule has 236 valence electrons. The highest BCUT2D eigenvalue weighted by Crippen LogP contribution is 2.19. The number of aromatic amines is 1. The maximum atomic E-state index is 13.4. The summed E-state index contributed by atoms with van der Waals surface area (Å²) in [6.45, 7) is 9.32. The summed E-state index contributed by atoms with van der Waals surface area (Å²) in [6, 6.07) is 17.6. The van der Waals surface area contributed by atoms with Crippen LogP contribution in [0.5, 0.6) is 0 Å². The minimum absolute atomic E-state index is 0.274. The Morgan fingerprint density at radius 1 is 0.826 bits per heavy atom. The fourth-order valence-corrected chi connectivity index (χ4v) is 6.00. The molecule has 4 heterocycles. The lowest BCUT2D eigenvalue weighted by Gasteiger charge is -2.04. The number of hydrogen-bond donors (Lipinski definition) is 1. The second-order valence-electron chi connectivity index (χ2n) is 11.3. The molecule has 4 aromatic heterocycles. The number of aryl methyl sites for hydroxylation is 6. The molecule has 0 atom stereocenters. The highest BCUT2D eigenvalue weighted by molar-refractivity contribution is 5.94. The molecule has 0 saturated heterocycles. The first-order chi connectivity index (χ1) is 22.2. The largest absolute Gasteiger partial charge is 0.313 e. The van der Waals surface area contributed by atoms with Crippen molar-refractivity contribution in [3.8, 4) is 0 Å². The lowest BCUT2D eigenvalue weighted by Crippen LogP contribution is -2.27. The SMILES string of the molecule is CCc1cccc2c1n(C)c(=NC(=O)c1cc(C)[nH]n1)n2C/C=C/Cn1c(=NC(=O)c2cc(C)nn2CC)n(C)c2ccccc21. The topological polar surface area (TPSA) is 125 Å². The van der Waals surface area contributed by atoms with Gasteiger partial charge in [-0.25, -0.2) is 0 Å². The molecule has 46 heavy (non-hydrogen) atoms. The van der Waals surface area contributed by atoms with Crippen molar-refractivity contribution in [1.82, 2.24) is 38.2 Å². The number of nitrogens with one attached hydrogen (secondary N) is 1. The molecular weight excluding hydrogens is 580 g/mol. The van der Waals surface area contributed by atoms with Crippen molar-refractivity contribution in [3.63, 3.8) is 0 Å². The van der Waals surface area contributed by atoms with E-state index in [1.54, 1.807) is 16.8 Å². The fourth-order valence-electron chi connectivity index (χ4n) is 6.00. The molecule has 2 amide bonds. The van der Waals surface area contributed by atoms with Gasteiger partial charge < -0.3 is 18.3 Å². The van der Waals surface area contributed by atoms with Crippen LogP contribution in [-0.2, 0) is 40.2 Å². The van der Waals surface area contributed by atoms with Gasteiger partial charge >= 0.3 is 5.91 Å². The molecule has 6 rings (SSSR count). The quantitative estimate of drug-likeness (QED) is 0.258. The van der Waals surface area contributed by atoms with Gasteiger partial charge in [0.05, 0.1) is 27.8 Å². The van der Waals surface area contributed by atoms with Crippen LogP contribution in [-0.4, -0.2) is 50.1 Å². The van der Waals surface area contributed by atoms with Gasteiger partial charge in [0.15, 0.2) is 5.69 Å². The van der Waals surface area contributed by atoms with Crippen molar-refractivity contribution in [2.45, 2.75) is 53.8 Å². The molecule has 0 aliphatic rings. The number of carbonyl (C=O) groups excluding carboxylic acids is 2. The van der Waals surface area contributed by atoms with Crippen molar-refractivity contribution in [3.05, 3.63) is 106 Å². The first kappa shape index (κ1) is 30.5. The summed E-state index contributed by atoms with van der Waals surface area (Å²) in [7, 11) is 3.85. The van der Waals surface area contributed by atoms with E-state index in [9.17, 15) is 9.59 Å². The van der Waals surface area contributed by atoms with E-state index in [-0.39, 0.29) is 11.6 Å². The number of rotatable bonds is 8. The normalized spacial score (nSPS) is 12.8. The van der Waals surface area contributed by atoms with Crippen LogP contribution in [0.15, 0.2) is 76.7 Å². The van der Waals surface area contributed by atoms with Crippen molar-refractivity contribution < 1.29 is 9.59 Å². The number of fused-ring (bicyclic) bond motifs is 2. The van der Waals surface area contributed by atoms with E-state index in [0.29, 0.717) is 36.6 Å². The Morgan fingerprint density at radius 2 is 1.48 bits per heavy atom. The van der Waals surface area contributed by atoms with Gasteiger partial charge in [-0.3, -0.25) is 19.4 Å². The Bertz CT molecular complexity index is 2280. The number of aromatic nitrogens is 8. The van der Waals surface area contributed by atoms with E-state index in [0.717, 1.165) is 39.9 Å². The molecule has 0 fully saturated rings. The van der Waals surface area contributed by atoms with Gasteiger partial charge in [0.2, 0.25) is 11.2 Å². The van der Waals surface area contributed by atoms with Gasteiger partial charge in [0.1, 0.15) is 5.69 Å². The molecular formula is C34H38N10O2. The van der Waals surface area contributed by atoms with Gasteiger partial charge in [-0.2, -0.15) is 20.2 Å². The summed E-state index contributed by atoms with van der Waals surface area (Å²) in [4.78, 5) is 35.6. The second-order valence-corrected chi connectivity index (χ2v) is 11.3. The van der Waals surface area contributed by atoms with E-state index >= 15 is 0 Å². The second kappa shape index (κ2) is 12.5. The molecule has 0 saturated carbocycles. The maximum Gasteiger partial charge on any atom is 0.300 e. The molecule has 0 bridgehead atoms. The zero-order valence-corrected chi connectivity index (χ0v) is 27.0. The minimum Gasteiger partial charge on any atom is -0.313 e. The number of amides is 2. The Balaban J connectivity index is 1.39. The standard InChI is InChI=1S/C34H38N10O2/c1-7-24-14-13-17-28-30(24)41(6)34(35-31(45)25-20-22(3)37-38-25)43(28)19-12-11-18-42-27-16-10-9-15-26(27)40(5)33(42)36-32(46)29-21-23(4)39-44(29)8-2/h9-17,20-21H,7-8,18-19H2,1-6H3,(H,37,38)/b12-11+,35-34?,36-33?. The number of carbonyl (C=O) groups is 2. The van der Waals surface area contributed by atoms with E-state index in [4.69, 9.17) is 0 Å². The van der Waals surface area contributed by atoms with E-state index < -0.39 is 5.91 Å². The summed E-state index contributed by atoms with van der Waals surface area (Å²) >= 11 is 0. The third-order valence-electron chi connectivity index (χ3n) is 8.21. The van der Waals surface area contributed by atoms with Crippen LogP contribution < -0.4 is 11.2 Å². The van der Waals surface area contributed by atoms with E-state index in [1.807, 2.05) is 83.5 Å². The molecule has 0 aliphatic carbocycles. The predicted octanol–water partition coefficient (Wildman–Crippen LogP) is 4.13. The monoisotopic (exact) mass is 618 g/mol. The lowest BCUT2D eigenvalue weighted by molar-refractivity contribution is 0.0980. The zero-order chi connectivity index (χ0) is 32.5. The van der Waals surface area contributed by atoms with E-state index in [2.05, 4.69) is 56.5 Å². The number of para-hydroxylation sites is 3. The fraction of sp³-hybridized carbons (Fsp3) is 0.294. The Labute approximate surface area is 265 Å². The summed E-state index contributed by atoms with van der Waals surface area (Å²) < 4.78 is 9.66. The van der Waals surface area contributed by atoms with Crippen LogP contribution in [0.3, 0.4) is 0 Å². The van der Waals surface area contributed by atoms with Gasteiger partial charge in [-0.15, -0.1) is 0 Å². The van der Waals surface area contributed by atoms with Crippen molar-refractivity contribution in [2.75, 3.05) is 0 Å². The molecule has 12 nitrogen and oxygen atoms in total. The molecule has 0 unspecified atom stereocenters. The summed E-state index contributed by atoms with van der Waals surface area (Å²) in [6.07, 6.45) is 4.95. The summed E-state index contributed by atoms with van der Waals surface area (Å²) in [5.74, 6) is -0.750. The van der Waals surface area contributed by atoms with Crippen LogP contribution in [0.25, 0.3) is 22.1 Å². The van der Waals surface area contributed by atoms with Crippen LogP contribution >= 0.6 is 0 Å². The number of benzene rings is 2. The van der Waals surface area contributed by atoms with Crippen molar-refractivity contribution in [2.24, 2.45) is 24.1 Å². The van der Waals surface area contributed by atoms with Crippen molar-refractivity contribution in [1.29, 1.82) is 0 Å². The summed E-state index contributed by atoms with van der Waals surface area (Å²) in [5.41, 5.74) is 8.50. The Hall–Kier alpha value is -5.52. The maximum absolute atomic E-state index is 13.4. The zero-order valence-electron chi connectivity index (χ0n) is 27.0. The van der Waals surface area contributed by atoms with Crippen LogP contribution in [0.4, 0.5) is 0 Å². The van der Waals surface area contributed by atoms with Crippen LogP contribution in [0.2, 0.25) is 0 Å². The summed E-state index contributed by atoms with van der Waals surface area (Å²) in [5, 5.41) is 11.4. The van der Waals surface area contributed by atoms with Gasteiger partial charge in [0.25, 0.3) is 5.91 Å². The molecule has 1 N–H and O–H groups in total. The number of H-pyrrole nitrogens is 1. The third kappa shape index (κ3) is 5.46. The highest BCUT2D eigenvalue weighted by Gasteiger charge is 2.17. The van der Waals surface area contributed by atoms with Crippen LogP contribution in [0.1, 0.15) is 51.8 Å². The van der Waals surface area contributed by atoms with Crippen LogP contribution in [0, 0.1) is 13.8 Å². The van der Waals surface area contributed by atoms with Gasteiger partial charge in [-0.05, 0) is 63.1 Å². The third-order valence-corrected chi connectivity index (χ3v) is 8.21. The van der Waals surface area contributed by atoms with Gasteiger partial charge in [-0.1, -0.05) is 43.3 Å². The minimum atomic E-state index is -0.409. The van der Waals surface area contributed by atoms with E-state index in [1.165, 1.54) is 5.56 Å². The molecule has 12 heteroatoms. The average molecular weight is 619 g/mol. The number of hydrogen-bond acceptors (Lipinski definition) is 4. The molecule has 2 aromatic carbocycles. The average Bonchev–Trinajstić information content (AvgIpc) is 3.80. The molecule has 0 aliphatic heterocycles. The Morgan fingerprint density at radius 3 is 2.15 bits per heavy atom. The number of allylic oxidation sites excluding steroid dienone is 2. The van der Waals surface area contributed by atoms with Crippen molar-refractivity contribution >= 4 is 33.9 Å². The lowest BCUT2D eigenvalue weighted by atomic mass is 10.1. The first-order valence-electron chi connectivity index (χ1n) is 15.4. The molecule has 0 spiro atoms.